The number of hydrogen-bond donors (Lipinski definition) is 2. The second kappa shape index (κ2) is 12.1. The predicted molar refractivity (Wildman–Crippen MR) is 131 cm³/mol. The maximum atomic E-state index is 14.7. The molecule has 2 aliphatic heterocycles. The summed E-state index contributed by atoms with van der Waals surface area (Å²) in [4.78, 5) is 11.8. The largest absolute Gasteiger partial charge is 0.491 e. The molecular weight excluding hydrogens is 528 g/mol. The highest BCUT2D eigenvalue weighted by Crippen LogP contribution is 2.30. The van der Waals surface area contributed by atoms with E-state index in [1.165, 1.54) is 0 Å². The summed E-state index contributed by atoms with van der Waals surface area (Å²) in [6.07, 6.45) is -1.71. The molecule has 2 aromatic heterocycles. The Balaban J connectivity index is 1.20. The molecule has 2 aliphatic rings. The fraction of sp³-hybridized carbons (Fsp3) is 0.520. The summed E-state index contributed by atoms with van der Waals surface area (Å²) in [5.41, 5.74) is 1.24. The molecule has 38 heavy (non-hydrogen) atoms. The minimum atomic E-state index is -0.718. The van der Waals surface area contributed by atoms with Crippen LogP contribution >= 0.6 is 11.6 Å². The minimum absolute atomic E-state index is 0.0340. The number of hydrogen-bond acceptors (Lipinski definition) is 9. The van der Waals surface area contributed by atoms with E-state index in [0.29, 0.717) is 35.1 Å². The van der Waals surface area contributed by atoms with Gasteiger partial charge in [0.2, 0.25) is 0 Å². The Morgan fingerprint density at radius 2 is 1.79 bits per heavy atom. The van der Waals surface area contributed by atoms with Crippen molar-refractivity contribution >= 4 is 22.8 Å². The smallest absolute Gasteiger partial charge is 0.296 e. The molecule has 10 nitrogen and oxygen atoms in total. The van der Waals surface area contributed by atoms with E-state index in [9.17, 15) is 13.9 Å². The first-order valence-corrected chi connectivity index (χ1v) is 12.6. The average molecular weight is 556 g/mol. The van der Waals surface area contributed by atoms with E-state index in [4.69, 9.17) is 40.0 Å². The molecule has 2 fully saturated rings. The van der Waals surface area contributed by atoms with Crippen LogP contribution in [0, 0.1) is 11.6 Å². The third-order valence-electron chi connectivity index (χ3n) is 6.38. The summed E-state index contributed by atoms with van der Waals surface area (Å²) < 4.78 is 61.9. The predicted octanol–water partition coefficient (Wildman–Crippen LogP) is 2.62. The minimum Gasteiger partial charge on any atom is -0.491 e. The van der Waals surface area contributed by atoms with Crippen molar-refractivity contribution in [2.45, 2.75) is 37.3 Å². The van der Waals surface area contributed by atoms with Gasteiger partial charge in [-0.1, -0.05) is 11.6 Å². The Morgan fingerprint density at radius 1 is 1.03 bits per heavy atom. The first-order chi connectivity index (χ1) is 18.4. The first kappa shape index (κ1) is 27.0. The van der Waals surface area contributed by atoms with Crippen molar-refractivity contribution in [3.63, 3.8) is 0 Å². The van der Waals surface area contributed by atoms with E-state index in [-0.39, 0.29) is 62.7 Å². The number of methoxy groups -OCH3 is 1. The number of rotatable bonds is 12. The van der Waals surface area contributed by atoms with Crippen molar-refractivity contribution in [3.8, 4) is 11.8 Å². The number of H-pyrrole nitrogens is 1. The van der Waals surface area contributed by atoms with E-state index in [1.54, 1.807) is 13.2 Å². The summed E-state index contributed by atoms with van der Waals surface area (Å²) in [5.74, 6) is -1.36. The number of nitrogens with zero attached hydrogens (tertiary/aromatic N) is 2. The Labute approximate surface area is 222 Å². The van der Waals surface area contributed by atoms with Gasteiger partial charge < -0.3 is 38.5 Å². The molecule has 0 unspecified atom stereocenters. The van der Waals surface area contributed by atoms with Crippen LogP contribution in [0.3, 0.4) is 0 Å². The highest BCUT2D eigenvalue weighted by Gasteiger charge is 2.48. The quantitative estimate of drug-likeness (QED) is 0.325. The maximum absolute atomic E-state index is 14.7. The number of aliphatic hydroxyl groups is 1. The van der Waals surface area contributed by atoms with Gasteiger partial charge in [-0.3, -0.25) is 0 Å². The van der Waals surface area contributed by atoms with Crippen LogP contribution < -0.4 is 9.47 Å². The number of pyridine rings is 1. The monoisotopic (exact) mass is 555 g/mol. The van der Waals surface area contributed by atoms with Gasteiger partial charge in [0, 0.05) is 24.8 Å². The normalized spacial score (nSPS) is 22.8. The van der Waals surface area contributed by atoms with Crippen LogP contribution in [0.5, 0.6) is 11.8 Å². The number of imidazole rings is 1. The Morgan fingerprint density at radius 3 is 2.58 bits per heavy atom. The van der Waals surface area contributed by atoms with Crippen molar-refractivity contribution in [2.24, 2.45) is 0 Å². The standard InChI is InChI=1S/C25H28ClF2N3O7/c1-33-4-5-34-6-7-35-13-8-16(27)14(17(28)9-13)2-3-18-15(26)10-19-24(29-18)31-25(30-19)38-21-12-37-22-20(32)11-36-23(21)22/h8-10,20-23,32H,2-7,11-12H2,1H3,(H,29,30,31)/t20-,21-,22-,23-/m1/s1. The molecule has 0 aliphatic carbocycles. The maximum Gasteiger partial charge on any atom is 0.296 e. The third kappa shape index (κ3) is 6.00. The molecule has 4 atom stereocenters. The Hall–Kier alpha value is -2.61. The summed E-state index contributed by atoms with van der Waals surface area (Å²) in [6.45, 7) is 1.74. The van der Waals surface area contributed by atoms with Gasteiger partial charge in [0.15, 0.2) is 11.8 Å². The number of aromatic nitrogens is 3. The lowest BCUT2D eigenvalue weighted by atomic mass is 10.1. The number of aromatic amines is 1. The fourth-order valence-corrected chi connectivity index (χ4v) is 4.71. The number of nitrogens with one attached hydrogen (secondary N) is 1. The fourth-order valence-electron chi connectivity index (χ4n) is 4.46. The zero-order valence-corrected chi connectivity index (χ0v) is 21.4. The summed E-state index contributed by atoms with van der Waals surface area (Å²) in [6, 6.07) is 4.14. The molecule has 4 heterocycles. The molecule has 2 N–H and O–H groups in total. The molecule has 0 radical (unpaired) electrons. The molecule has 1 aromatic carbocycles. The van der Waals surface area contributed by atoms with Crippen LogP contribution in [0.15, 0.2) is 18.2 Å². The van der Waals surface area contributed by atoms with Crippen molar-refractivity contribution in [1.82, 2.24) is 15.0 Å². The summed E-state index contributed by atoms with van der Waals surface area (Å²) >= 11 is 6.40. The summed E-state index contributed by atoms with van der Waals surface area (Å²) in [7, 11) is 1.57. The van der Waals surface area contributed by atoms with Crippen LogP contribution in [0.4, 0.5) is 8.78 Å². The molecule has 0 saturated carbocycles. The van der Waals surface area contributed by atoms with E-state index >= 15 is 0 Å². The lowest BCUT2D eigenvalue weighted by Gasteiger charge is -2.15. The van der Waals surface area contributed by atoms with E-state index < -0.39 is 29.9 Å². The van der Waals surface area contributed by atoms with E-state index in [0.717, 1.165) is 12.1 Å². The second-order valence-electron chi connectivity index (χ2n) is 8.97. The molecule has 206 valence electrons. The lowest BCUT2D eigenvalue weighted by molar-refractivity contribution is 0.00706. The average Bonchev–Trinajstić information content (AvgIpc) is 3.57. The zero-order chi connectivity index (χ0) is 26.6. The summed E-state index contributed by atoms with van der Waals surface area (Å²) in [5, 5.41) is 10.2. The number of aryl methyl sites for hydroxylation is 1. The number of halogens is 3. The van der Waals surface area contributed by atoms with Crippen molar-refractivity contribution in [3.05, 3.63) is 46.1 Å². The number of ether oxygens (including phenoxy) is 6. The molecule has 13 heteroatoms. The van der Waals surface area contributed by atoms with Gasteiger partial charge in [0.05, 0.1) is 49.3 Å². The van der Waals surface area contributed by atoms with E-state index in [2.05, 4.69) is 15.0 Å². The van der Waals surface area contributed by atoms with Gasteiger partial charge in [0.25, 0.3) is 6.01 Å². The van der Waals surface area contributed by atoms with Crippen LogP contribution in [-0.4, -0.2) is 91.2 Å². The van der Waals surface area contributed by atoms with Crippen molar-refractivity contribution in [1.29, 1.82) is 0 Å². The first-order valence-electron chi connectivity index (χ1n) is 12.2. The van der Waals surface area contributed by atoms with Gasteiger partial charge in [-0.25, -0.2) is 13.8 Å². The van der Waals surface area contributed by atoms with Gasteiger partial charge in [0.1, 0.15) is 42.3 Å². The van der Waals surface area contributed by atoms with E-state index in [1.807, 2.05) is 0 Å². The van der Waals surface area contributed by atoms with Crippen molar-refractivity contribution in [2.75, 3.05) is 46.8 Å². The number of aliphatic hydroxyl groups excluding tert-OH is 1. The van der Waals surface area contributed by atoms with Crippen LogP contribution in [0.2, 0.25) is 5.02 Å². The molecule has 0 bridgehead atoms. The lowest BCUT2D eigenvalue weighted by Crippen LogP contribution is -2.34. The second-order valence-corrected chi connectivity index (χ2v) is 9.38. The van der Waals surface area contributed by atoms with Gasteiger partial charge in [-0.05, 0) is 18.9 Å². The Kier molecular flexibility index (Phi) is 8.56. The number of benzene rings is 1. The Bertz CT molecular complexity index is 1240. The highest BCUT2D eigenvalue weighted by atomic mass is 35.5. The topological polar surface area (TPSA) is 117 Å². The van der Waals surface area contributed by atoms with Crippen LogP contribution in [-0.2, 0) is 31.8 Å². The van der Waals surface area contributed by atoms with Crippen molar-refractivity contribution < 1.29 is 42.3 Å². The molecule has 5 rings (SSSR count). The molecular formula is C25H28ClF2N3O7. The third-order valence-corrected chi connectivity index (χ3v) is 6.70. The zero-order valence-electron chi connectivity index (χ0n) is 20.6. The van der Waals surface area contributed by atoms with Gasteiger partial charge >= 0.3 is 0 Å². The SMILES string of the molecule is COCCOCCOc1cc(F)c(CCc2nc3nc(O[C@@H]4CO[C@H]5[C@@H]4OC[C@H]5O)[nH]c3cc2Cl)c(F)c1. The van der Waals surface area contributed by atoms with Gasteiger partial charge in [-0.2, -0.15) is 4.98 Å². The number of fused-ring (bicyclic) bond motifs is 2. The van der Waals surface area contributed by atoms with Crippen LogP contribution in [0.25, 0.3) is 11.2 Å². The molecule has 0 spiro atoms. The van der Waals surface area contributed by atoms with Crippen LogP contribution in [0.1, 0.15) is 11.3 Å². The molecule has 3 aromatic rings. The van der Waals surface area contributed by atoms with Gasteiger partial charge in [-0.15, -0.1) is 0 Å². The molecule has 0 amide bonds. The highest BCUT2D eigenvalue weighted by molar-refractivity contribution is 6.31. The molecule has 2 saturated heterocycles.